The van der Waals surface area contributed by atoms with Crippen molar-refractivity contribution in [2.45, 2.75) is 20.0 Å². The molecule has 0 saturated heterocycles. The number of nitrogens with zero attached hydrogens (tertiary/aromatic N) is 2. The van der Waals surface area contributed by atoms with E-state index in [4.69, 9.17) is 0 Å². The minimum absolute atomic E-state index is 0.0490. The minimum Gasteiger partial charge on any atom is -0.319 e. The van der Waals surface area contributed by atoms with E-state index in [0.29, 0.717) is 0 Å². The molecule has 0 aliphatic rings. The van der Waals surface area contributed by atoms with E-state index in [0.717, 1.165) is 18.7 Å². The summed E-state index contributed by atoms with van der Waals surface area (Å²) in [5, 5.41) is 0. The van der Waals surface area contributed by atoms with Crippen molar-refractivity contribution in [3.63, 3.8) is 0 Å². The van der Waals surface area contributed by atoms with Crippen LogP contribution in [0.3, 0.4) is 0 Å². The van der Waals surface area contributed by atoms with E-state index in [2.05, 4.69) is 31.0 Å². The molecule has 96 valence electrons. The van der Waals surface area contributed by atoms with Crippen molar-refractivity contribution in [2.75, 3.05) is 7.05 Å². The Hall–Kier alpha value is -1.39. The van der Waals surface area contributed by atoms with Crippen molar-refractivity contribution in [1.82, 2.24) is 9.47 Å². The molecule has 18 heavy (non-hydrogen) atoms. The van der Waals surface area contributed by atoms with Gasteiger partial charge in [-0.15, -0.1) is 11.3 Å². The van der Waals surface area contributed by atoms with Gasteiger partial charge in [0.1, 0.15) is 0 Å². The summed E-state index contributed by atoms with van der Waals surface area (Å²) < 4.78 is 1.59. The van der Waals surface area contributed by atoms with Crippen LogP contribution >= 0.6 is 11.3 Å². The van der Waals surface area contributed by atoms with Crippen molar-refractivity contribution >= 4 is 11.3 Å². The second kappa shape index (κ2) is 5.50. The Bertz CT molecular complexity index is 585. The molecule has 4 heteroatoms. The fourth-order valence-corrected chi connectivity index (χ4v) is 2.86. The molecule has 0 atom stereocenters. The molecule has 0 unspecified atom stereocenters. The average molecular weight is 262 g/mol. The highest BCUT2D eigenvalue weighted by atomic mass is 32.1. The molecule has 0 N–H and O–H groups in total. The molecule has 3 nitrogen and oxygen atoms in total. The fourth-order valence-electron chi connectivity index (χ4n) is 1.89. The molecule has 2 rings (SSSR count). The molecule has 0 aliphatic heterocycles. The zero-order valence-corrected chi connectivity index (χ0v) is 11.8. The van der Waals surface area contributed by atoms with Crippen molar-refractivity contribution in [2.24, 2.45) is 7.05 Å². The summed E-state index contributed by atoms with van der Waals surface area (Å²) in [4.78, 5) is 16.5. The summed E-state index contributed by atoms with van der Waals surface area (Å²) in [6, 6.07) is 8.01. The molecule has 0 amide bonds. The van der Waals surface area contributed by atoms with Gasteiger partial charge in [-0.2, -0.15) is 0 Å². The maximum atomic E-state index is 11.5. The molecule has 0 aromatic carbocycles. The number of aromatic nitrogens is 1. The second-order valence-corrected chi connectivity index (χ2v) is 6.04. The van der Waals surface area contributed by atoms with E-state index >= 15 is 0 Å². The third kappa shape index (κ3) is 3.31. The van der Waals surface area contributed by atoms with E-state index in [-0.39, 0.29) is 5.56 Å². The minimum atomic E-state index is 0.0490. The number of hydrogen-bond donors (Lipinski definition) is 0. The zero-order valence-electron chi connectivity index (χ0n) is 11.0. The van der Waals surface area contributed by atoms with Gasteiger partial charge in [0.2, 0.25) is 0 Å². The predicted octanol–water partition coefficient (Wildman–Crippen LogP) is 2.39. The van der Waals surface area contributed by atoms with Crippen LogP contribution in [0.5, 0.6) is 0 Å². The zero-order chi connectivity index (χ0) is 13.1. The summed E-state index contributed by atoms with van der Waals surface area (Å²) >= 11 is 1.82. The van der Waals surface area contributed by atoms with Gasteiger partial charge in [-0.3, -0.25) is 9.69 Å². The van der Waals surface area contributed by atoms with Crippen LogP contribution in [0.2, 0.25) is 0 Å². The fraction of sp³-hybridized carbons (Fsp3) is 0.357. The van der Waals surface area contributed by atoms with Gasteiger partial charge in [-0.1, -0.05) is 0 Å². The summed E-state index contributed by atoms with van der Waals surface area (Å²) in [7, 11) is 3.84. The van der Waals surface area contributed by atoms with Gasteiger partial charge in [0.25, 0.3) is 5.56 Å². The van der Waals surface area contributed by atoms with Crippen LogP contribution < -0.4 is 5.56 Å². The summed E-state index contributed by atoms with van der Waals surface area (Å²) in [6.45, 7) is 3.84. The van der Waals surface area contributed by atoms with Gasteiger partial charge >= 0.3 is 0 Å². The Balaban J connectivity index is 2.00. The highest BCUT2D eigenvalue weighted by molar-refractivity contribution is 7.11. The Morgan fingerprint density at radius 2 is 2.06 bits per heavy atom. The van der Waals surface area contributed by atoms with Crippen LogP contribution in [-0.4, -0.2) is 16.5 Å². The molecule has 2 aromatic rings. The van der Waals surface area contributed by atoms with Gasteiger partial charge in [0.15, 0.2) is 0 Å². The first kappa shape index (κ1) is 13.1. The van der Waals surface area contributed by atoms with Crippen LogP contribution in [0.1, 0.15) is 15.3 Å². The smallest absolute Gasteiger partial charge is 0.250 e. The Morgan fingerprint density at radius 1 is 1.28 bits per heavy atom. The summed E-state index contributed by atoms with van der Waals surface area (Å²) in [6.07, 6.45) is 1.82. The van der Waals surface area contributed by atoms with Crippen molar-refractivity contribution in [1.29, 1.82) is 0 Å². The van der Waals surface area contributed by atoms with E-state index in [1.807, 2.05) is 23.6 Å². The van der Waals surface area contributed by atoms with Gasteiger partial charge in [-0.05, 0) is 37.7 Å². The number of thiophene rings is 1. The maximum Gasteiger partial charge on any atom is 0.250 e. The second-order valence-electron chi connectivity index (χ2n) is 4.67. The van der Waals surface area contributed by atoms with E-state index in [1.165, 1.54) is 9.75 Å². The number of rotatable bonds is 4. The molecule has 2 heterocycles. The highest BCUT2D eigenvalue weighted by Gasteiger charge is 2.04. The normalized spacial score (nSPS) is 11.1. The topological polar surface area (TPSA) is 25.2 Å². The third-order valence-corrected chi connectivity index (χ3v) is 3.83. The SMILES string of the molecule is Cc1ccc(CN(C)Cc2ccn(C)c(=O)c2)s1. The van der Waals surface area contributed by atoms with E-state index < -0.39 is 0 Å². The third-order valence-electron chi connectivity index (χ3n) is 2.84. The lowest BCUT2D eigenvalue weighted by atomic mass is 10.2. The lowest BCUT2D eigenvalue weighted by molar-refractivity contribution is 0.321. The van der Waals surface area contributed by atoms with Crippen LogP contribution in [0.25, 0.3) is 0 Å². The molecule has 0 spiro atoms. The predicted molar refractivity (Wildman–Crippen MR) is 75.9 cm³/mol. The van der Waals surface area contributed by atoms with Crippen molar-refractivity contribution < 1.29 is 0 Å². The largest absolute Gasteiger partial charge is 0.319 e. The standard InChI is InChI=1S/C14H18N2OS/c1-11-4-5-13(18-11)10-15(2)9-12-6-7-16(3)14(17)8-12/h4-8H,9-10H2,1-3H3. The van der Waals surface area contributed by atoms with Crippen LogP contribution in [0.4, 0.5) is 0 Å². The summed E-state index contributed by atoms with van der Waals surface area (Å²) in [5.41, 5.74) is 1.11. The van der Waals surface area contributed by atoms with Crippen molar-refractivity contribution in [3.8, 4) is 0 Å². The van der Waals surface area contributed by atoms with Gasteiger partial charge in [0, 0.05) is 42.2 Å². The molecular weight excluding hydrogens is 244 g/mol. The molecular formula is C14H18N2OS. The average Bonchev–Trinajstić information content (AvgIpc) is 2.69. The molecule has 0 radical (unpaired) electrons. The first-order chi connectivity index (χ1) is 8.54. The molecule has 0 fully saturated rings. The number of aryl methyl sites for hydroxylation is 2. The van der Waals surface area contributed by atoms with Crippen molar-refractivity contribution in [3.05, 3.63) is 56.1 Å². The maximum absolute atomic E-state index is 11.5. The lowest BCUT2D eigenvalue weighted by Crippen LogP contribution is -2.20. The summed E-state index contributed by atoms with van der Waals surface area (Å²) in [5.74, 6) is 0. The van der Waals surface area contributed by atoms with Crippen LogP contribution in [-0.2, 0) is 20.1 Å². The van der Waals surface area contributed by atoms with Gasteiger partial charge < -0.3 is 4.57 Å². The van der Waals surface area contributed by atoms with E-state index in [1.54, 1.807) is 17.7 Å². The molecule has 0 saturated carbocycles. The molecule has 2 aromatic heterocycles. The van der Waals surface area contributed by atoms with Gasteiger partial charge in [-0.25, -0.2) is 0 Å². The monoisotopic (exact) mass is 262 g/mol. The highest BCUT2D eigenvalue weighted by Crippen LogP contribution is 2.17. The number of pyridine rings is 1. The Kier molecular flexibility index (Phi) is 3.99. The Morgan fingerprint density at radius 3 is 2.67 bits per heavy atom. The van der Waals surface area contributed by atoms with E-state index in [9.17, 15) is 4.79 Å². The van der Waals surface area contributed by atoms with Crippen LogP contribution in [0, 0.1) is 6.92 Å². The van der Waals surface area contributed by atoms with Gasteiger partial charge in [0.05, 0.1) is 0 Å². The molecule has 0 aliphatic carbocycles. The number of hydrogen-bond acceptors (Lipinski definition) is 3. The molecule has 0 bridgehead atoms. The first-order valence-corrected chi connectivity index (χ1v) is 6.75. The van der Waals surface area contributed by atoms with Crippen LogP contribution in [0.15, 0.2) is 35.3 Å². The lowest BCUT2D eigenvalue weighted by Gasteiger charge is -2.15. The first-order valence-electron chi connectivity index (χ1n) is 5.94. The quantitative estimate of drug-likeness (QED) is 0.845. The Labute approximate surface area is 111 Å².